The molecule has 30 heavy (non-hydrogen) atoms. The first-order chi connectivity index (χ1) is 14.6. The normalized spacial score (nSPS) is 20.9. The maximum absolute atomic E-state index is 10.4. The van der Waals surface area contributed by atoms with Crippen LogP contribution in [0.2, 0.25) is 0 Å². The van der Waals surface area contributed by atoms with Gasteiger partial charge in [0.05, 0.1) is 26.9 Å². The van der Waals surface area contributed by atoms with Crippen molar-refractivity contribution in [1.82, 2.24) is 14.8 Å². The molecule has 2 aromatic carbocycles. The van der Waals surface area contributed by atoms with Crippen LogP contribution in [0, 0.1) is 0 Å². The van der Waals surface area contributed by atoms with Crippen LogP contribution in [-0.4, -0.2) is 67.4 Å². The van der Waals surface area contributed by atoms with Crippen molar-refractivity contribution >= 4 is 10.9 Å². The van der Waals surface area contributed by atoms with E-state index in [1.54, 1.807) is 14.2 Å². The maximum atomic E-state index is 10.4. The molecule has 2 aliphatic rings. The second-order valence-corrected chi connectivity index (χ2v) is 8.73. The summed E-state index contributed by atoms with van der Waals surface area (Å²) < 4.78 is 10.8. The van der Waals surface area contributed by atoms with E-state index in [1.165, 1.54) is 16.5 Å². The second-order valence-electron chi connectivity index (χ2n) is 8.73. The summed E-state index contributed by atoms with van der Waals surface area (Å²) in [6, 6.07) is 14.4. The highest BCUT2D eigenvalue weighted by molar-refractivity contribution is 5.88. The first-order valence-electron chi connectivity index (χ1n) is 10.4. The Morgan fingerprint density at radius 1 is 1.07 bits per heavy atom. The number of fused-ring (bicyclic) bond motifs is 4. The minimum absolute atomic E-state index is 0.0684. The van der Waals surface area contributed by atoms with Crippen LogP contribution in [-0.2, 0) is 12.0 Å². The van der Waals surface area contributed by atoms with Crippen LogP contribution in [0.1, 0.15) is 22.9 Å². The largest absolute Gasteiger partial charge is 0.497 e. The molecule has 6 heteroatoms. The predicted octanol–water partition coefficient (Wildman–Crippen LogP) is 2.92. The van der Waals surface area contributed by atoms with Crippen molar-refractivity contribution < 1.29 is 14.6 Å². The molecule has 0 radical (unpaired) electrons. The SMILES string of the molecule is COc1cccc(CN2CC3(CN(C)C3)c3c([nH]c4cc(OC)ccc34)[C@@H]2CO)c1. The maximum Gasteiger partial charge on any atom is 0.120 e. The van der Waals surface area contributed by atoms with E-state index in [1.807, 2.05) is 18.2 Å². The van der Waals surface area contributed by atoms with Crippen LogP contribution in [0.25, 0.3) is 10.9 Å². The lowest BCUT2D eigenvalue weighted by Gasteiger charge is -2.55. The quantitative estimate of drug-likeness (QED) is 0.681. The highest BCUT2D eigenvalue weighted by Crippen LogP contribution is 2.48. The van der Waals surface area contributed by atoms with Crippen LogP contribution < -0.4 is 9.47 Å². The number of hydrogen-bond donors (Lipinski definition) is 2. The van der Waals surface area contributed by atoms with Crippen LogP contribution in [0.4, 0.5) is 0 Å². The lowest BCUT2D eigenvalue weighted by Crippen LogP contribution is -2.65. The fraction of sp³-hybridized carbons (Fsp3) is 0.417. The van der Waals surface area contributed by atoms with Gasteiger partial charge in [0.15, 0.2) is 0 Å². The first-order valence-corrected chi connectivity index (χ1v) is 10.4. The van der Waals surface area contributed by atoms with Crippen molar-refractivity contribution in [2.75, 3.05) is 47.5 Å². The van der Waals surface area contributed by atoms with Crippen molar-refractivity contribution in [1.29, 1.82) is 0 Å². The molecule has 0 bridgehead atoms. The molecule has 6 nitrogen and oxygen atoms in total. The Kier molecular flexibility index (Phi) is 4.73. The smallest absolute Gasteiger partial charge is 0.120 e. The number of H-pyrrole nitrogens is 1. The van der Waals surface area contributed by atoms with Gasteiger partial charge in [0.25, 0.3) is 0 Å². The Labute approximate surface area is 177 Å². The standard InChI is InChI=1S/C24H29N3O3/c1-26-13-24(14-26)15-27(11-16-5-4-6-17(9-16)29-2)21(12-28)23-22(24)19-8-7-18(30-3)10-20(19)25-23/h4-10,21,25,28H,11-15H2,1-3H3/t21-/m0/s1. The molecule has 0 aliphatic carbocycles. The number of aromatic nitrogens is 1. The topological polar surface area (TPSA) is 61.0 Å². The third-order valence-electron chi connectivity index (χ3n) is 6.68. The van der Waals surface area contributed by atoms with Crippen molar-refractivity contribution in [3.63, 3.8) is 0 Å². The van der Waals surface area contributed by atoms with Gasteiger partial charge >= 0.3 is 0 Å². The molecule has 2 N–H and O–H groups in total. The number of rotatable bonds is 5. The van der Waals surface area contributed by atoms with Crippen LogP contribution in [0.5, 0.6) is 11.5 Å². The zero-order chi connectivity index (χ0) is 20.9. The zero-order valence-corrected chi connectivity index (χ0v) is 17.8. The fourth-order valence-corrected chi connectivity index (χ4v) is 5.53. The number of aromatic amines is 1. The number of aliphatic hydroxyl groups is 1. The number of hydrogen-bond acceptors (Lipinski definition) is 5. The Hall–Kier alpha value is -2.54. The Morgan fingerprint density at radius 3 is 2.53 bits per heavy atom. The number of nitrogens with zero attached hydrogens (tertiary/aromatic N) is 2. The Balaban J connectivity index is 1.59. The molecular weight excluding hydrogens is 378 g/mol. The molecule has 1 fully saturated rings. The van der Waals surface area contributed by atoms with Gasteiger partial charge in [-0.2, -0.15) is 0 Å². The molecule has 1 spiro atoms. The summed E-state index contributed by atoms with van der Waals surface area (Å²) in [5.74, 6) is 1.70. The molecule has 0 amide bonds. The van der Waals surface area contributed by atoms with Crippen molar-refractivity contribution in [3.8, 4) is 11.5 Å². The van der Waals surface area contributed by atoms with Crippen LogP contribution in [0.15, 0.2) is 42.5 Å². The van der Waals surface area contributed by atoms with Crippen LogP contribution in [0.3, 0.4) is 0 Å². The number of likely N-dealkylation sites (N-methyl/N-ethyl adjacent to an activating group) is 1. The van der Waals surface area contributed by atoms with E-state index >= 15 is 0 Å². The Bertz CT molecular complexity index is 1070. The van der Waals surface area contributed by atoms with Crippen molar-refractivity contribution in [2.45, 2.75) is 18.0 Å². The van der Waals surface area contributed by atoms with Gasteiger partial charge in [0, 0.05) is 54.3 Å². The second kappa shape index (κ2) is 7.30. The number of ether oxygens (including phenoxy) is 2. The van der Waals surface area contributed by atoms with E-state index in [0.29, 0.717) is 0 Å². The van der Waals surface area contributed by atoms with Crippen molar-refractivity contribution in [3.05, 3.63) is 59.3 Å². The first kappa shape index (κ1) is 19.4. The summed E-state index contributed by atoms with van der Waals surface area (Å²) in [5.41, 5.74) is 4.86. The fourth-order valence-electron chi connectivity index (χ4n) is 5.53. The predicted molar refractivity (Wildman–Crippen MR) is 117 cm³/mol. The van der Waals surface area contributed by atoms with Gasteiger partial charge in [-0.3, -0.25) is 4.90 Å². The van der Waals surface area contributed by atoms with Gasteiger partial charge in [0.2, 0.25) is 0 Å². The number of aliphatic hydroxyl groups excluding tert-OH is 1. The molecule has 1 saturated heterocycles. The molecule has 3 heterocycles. The minimum atomic E-state index is -0.0684. The lowest BCUT2D eigenvalue weighted by molar-refractivity contribution is 0.00420. The highest BCUT2D eigenvalue weighted by atomic mass is 16.5. The van der Waals surface area contributed by atoms with Gasteiger partial charge in [-0.05, 0) is 42.4 Å². The van der Waals surface area contributed by atoms with Crippen LogP contribution >= 0.6 is 0 Å². The third kappa shape index (κ3) is 2.98. The molecular formula is C24H29N3O3. The van der Waals surface area contributed by atoms with E-state index in [-0.39, 0.29) is 18.1 Å². The van der Waals surface area contributed by atoms with E-state index in [4.69, 9.17) is 9.47 Å². The Morgan fingerprint density at radius 2 is 1.83 bits per heavy atom. The van der Waals surface area contributed by atoms with Gasteiger partial charge in [-0.25, -0.2) is 0 Å². The molecule has 5 rings (SSSR count). The third-order valence-corrected chi connectivity index (χ3v) is 6.68. The molecule has 3 aromatic rings. The molecule has 2 aliphatic heterocycles. The zero-order valence-electron chi connectivity index (χ0n) is 17.8. The molecule has 1 aromatic heterocycles. The van der Waals surface area contributed by atoms with E-state index in [9.17, 15) is 5.11 Å². The summed E-state index contributed by atoms with van der Waals surface area (Å²) in [6.45, 7) is 3.81. The van der Waals surface area contributed by atoms with Gasteiger partial charge in [0.1, 0.15) is 11.5 Å². The summed E-state index contributed by atoms with van der Waals surface area (Å²) in [4.78, 5) is 8.43. The van der Waals surface area contributed by atoms with Gasteiger partial charge in [-0.1, -0.05) is 12.1 Å². The van der Waals surface area contributed by atoms with E-state index in [0.717, 1.165) is 48.9 Å². The summed E-state index contributed by atoms with van der Waals surface area (Å²) >= 11 is 0. The number of nitrogens with one attached hydrogen (secondary N) is 1. The highest BCUT2D eigenvalue weighted by Gasteiger charge is 2.51. The number of benzene rings is 2. The van der Waals surface area contributed by atoms with Crippen molar-refractivity contribution in [2.24, 2.45) is 0 Å². The molecule has 0 saturated carbocycles. The minimum Gasteiger partial charge on any atom is -0.497 e. The number of likely N-dealkylation sites (tertiary alicyclic amines) is 1. The van der Waals surface area contributed by atoms with Gasteiger partial charge < -0.3 is 24.5 Å². The monoisotopic (exact) mass is 407 g/mol. The van der Waals surface area contributed by atoms with Gasteiger partial charge in [-0.15, -0.1) is 0 Å². The summed E-state index contributed by atoms with van der Waals surface area (Å²) in [7, 11) is 5.56. The van der Waals surface area contributed by atoms with E-state index < -0.39 is 0 Å². The number of methoxy groups -OCH3 is 2. The summed E-state index contributed by atoms with van der Waals surface area (Å²) in [6.07, 6.45) is 0. The molecule has 0 unspecified atom stereocenters. The average molecular weight is 408 g/mol. The van der Waals surface area contributed by atoms with E-state index in [2.05, 4.69) is 46.1 Å². The summed E-state index contributed by atoms with van der Waals surface area (Å²) in [5, 5.41) is 11.7. The molecule has 158 valence electrons. The molecule has 1 atom stereocenters. The lowest BCUT2D eigenvalue weighted by atomic mass is 9.69. The average Bonchev–Trinajstić information content (AvgIpc) is 3.12.